The third kappa shape index (κ3) is 7.16. The molecule has 0 aromatic heterocycles. The summed E-state index contributed by atoms with van der Waals surface area (Å²) in [5.74, 6) is -0.349. The Bertz CT molecular complexity index is 1170. The van der Waals surface area contributed by atoms with Crippen molar-refractivity contribution in [1.29, 1.82) is 0 Å². The molecule has 0 fully saturated rings. The molecule has 1 amide bonds. The summed E-state index contributed by atoms with van der Waals surface area (Å²) in [5, 5.41) is 3.39. The van der Waals surface area contributed by atoms with Gasteiger partial charge in [0.1, 0.15) is 0 Å². The number of sulfonamides is 1. The van der Waals surface area contributed by atoms with E-state index in [2.05, 4.69) is 5.32 Å². The van der Waals surface area contributed by atoms with Gasteiger partial charge in [0, 0.05) is 17.6 Å². The molecule has 0 heterocycles. The third-order valence-electron chi connectivity index (χ3n) is 5.40. The zero-order valence-corrected chi connectivity index (χ0v) is 20.4. The molecule has 0 aliphatic heterocycles. The van der Waals surface area contributed by atoms with Crippen molar-refractivity contribution in [2.75, 3.05) is 6.54 Å². The Balaban J connectivity index is 1.73. The maximum absolute atomic E-state index is 13.4. The molecule has 1 N–H and O–H groups in total. The van der Waals surface area contributed by atoms with Crippen molar-refractivity contribution in [3.8, 4) is 0 Å². The van der Waals surface area contributed by atoms with Crippen molar-refractivity contribution in [1.82, 2.24) is 9.62 Å². The Hall–Kier alpha value is -2.67. The van der Waals surface area contributed by atoms with Crippen molar-refractivity contribution in [3.63, 3.8) is 0 Å². The highest BCUT2D eigenvalue weighted by molar-refractivity contribution is 7.89. The van der Waals surface area contributed by atoms with Gasteiger partial charge in [-0.3, -0.25) is 4.79 Å². The predicted octanol–water partition coefficient (Wildman–Crippen LogP) is 4.98. The third-order valence-corrected chi connectivity index (χ3v) is 7.57. The normalized spacial score (nSPS) is 12.5. The molecule has 0 aliphatic carbocycles. The Morgan fingerprint density at radius 1 is 0.970 bits per heavy atom. The SMILES string of the molecule is Cc1ccc(S(=O)(=O)N(CC(=O)N[C@H](C)CCc2ccccc2)Cc2ccccc2Cl)cc1. The molecule has 0 unspecified atom stereocenters. The van der Waals surface area contributed by atoms with Gasteiger partial charge in [0.25, 0.3) is 0 Å². The summed E-state index contributed by atoms with van der Waals surface area (Å²) < 4.78 is 28.0. The van der Waals surface area contributed by atoms with Crippen molar-refractivity contribution in [2.45, 2.75) is 44.2 Å². The number of amides is 1. The summed E-state index contributed by atoms with van der Waals surface area (Å²) in [6, 6.07) is 23.6. The van der Waals surface area contributed by atoms with E-state index in [1.807, 2.05) is 44.2 Å². The second-order valence-electron chi connectivity index (χ2n) is 8.17. The van der Waals surface area contributed by atoms with Crippen LogP contribution in [0.15, 0.2) is 83.8 Å². The number of hydrogen-bond donors (Lipinski definition) is 1. The van der Waals surface area contributed by atoms with E-state index in [0.29, 0.717) is 10.6 Å². The number of carbonyl (C=O) groups excluding carboxylic acids is 1. The van der Waals surface area contributed by atoms with Crippen LogP contribution < -0.4 is 5.32 Å². The Morgan fingerprint density at radius 2 is 1.61 bits per heavy atom. The minimum Gasteiger partial charge on any atom is -0.352 e. The molecule has 33 heavy (non-hydrogen) atoms. The second-order valence-corrected chi connectivity index (χ2v) is 10.5. The maximum atomic E-state index is 13.4. The van der Waals surface area contributed by atoms with E-state index in [0.717, 1.165) is 18.4 Å². The van der Waals surface area contributed by atoms with Crippen LogP contribution in [0.4, 0.5) is 0 Å². The monoisotopic (exact) mass is 484 g/mol. The fraction of sp³-hybridized carbons (Fsp3) is 0.269. The van der Waals surface area contributed by atoms with Gasteiger partial charge in [-0.05, 0) is 56.0 Å². The van der Waals surface area contributed by atoms with Crippen LogP contribution in [0.1, 0.15) is 30.0 Å². The highest BCUT2D eigenvalue weighted by Gasteiger charge is 2.28. The van der Waals surface area contributed by atoms with Crippen LogP contribution in [0.3, 0.4) is 0 Å². The van der Waals surface area contributed by atoms with E-state index >= 15 is 0 Å². The van der Waals surface area contributed by atoms with E-state index in [9.17, 15) is 13.2 Å². The molecule has 0 bridgehead atoms. The highest BCUT2D eigenvalue weighted by atomic mass is 35.5. The first kappa shape index (κ1) is 25.0. The van der Waals surface area contributed by atoms with E-state index in [4.69, 9.17) is 11.6 Å². The summed E-state index contributed by atoms with van der Waals surface area (Å²) in [4.78, 5) is 13.0. The number of halogens is 1. The molecule has 7 heteroatoms. The van der Waals surface area contributed by atoms with Gasteiger partial charge in [-0.1, -0.05) is 77.8 Å². The number of hydrogen-bond acceptors (Lipinski definition) is 3. The Kier molecular flexibility index (Phi) is 8.67. The van der Waals surface area contributed by atoms with Crippen LogP contribution in [0.25, 0.3) is 0 Å². The summed E-state index contributed by atoms with van der Waals surface area (Å²) >= 11 is 6.28. The zero-order chi connectivity index (χ0) is 23.8. The number of benzene rings is 3. The van der Waals surface area contributed by atoms with E-state index in [1.165, 1.54) is 9.87 Å². The van der Waals surface area contributed by atoms with Crippen LogP contribution in [0.5, 0.6) is 0 Å². The topological polar surface area (TPSA) is 66.5 Å². The molecule has 0 spiro atoms. The Morgan fingerprint density at radius 3 is 2.27 bits per heavy atom. The summed E-state index contributed by atoms with van der Waals surface area (Å²) in [5.41, 5.74) is 2.79. The first-order valence-corrected chi connectivity index (χ1v) is 12.7. The van der Waals surface area contributed by atoms with E-state index in [-0.39, 0.29) is 29.9 Å². The first-order chi connectivity index (χ1) is 15.8. The van der Waals surface area contributed by atoms with Crippen molar-refractivity contribution in [2.24, 2.45) is 0 Å². The smallest absolute Gasteiger partial charge is 0.243 e. The largest absolute Gasteiger partial charge is 0.352 e. The van der Waals surface area contributed by atoms with Gasteiger partial charge in [-0.15, -0.1) is 0 Å². The van der Waals surface area contributed by atoms with Gasteiger partial charge in [0.2, 0.25) is 15.9 Å². The average Bonchev–Trinajstić information content (AvgIpc) is 2.79. The lowest BCUT2D eigenvalue weighted by Gasteiger charge is -2.23. The molecule has 3 rings (SSSR count). The van der Waals surface area contributed by atoms with Crippen LogP contribution in [-0.4, -0.2) is 31.2 Å². The van der Waals surface area contributed by atoms with Crippen LogP contribution >= 0.6 is 11.6 Å². The standard InChI is InChI=1S/C26H29ClN2O3S/c1-20-12-16-24(17-13-20)33(31,32)29(18-23-10-6-7-11-25(23)27)19-26(30)28-21(2)14-15-22-8-4-3-5-9-22/h3-13,16-17,21H,14-15,18-19H2,1-2H3,(H,28,30)/t21-/m1/s1. The molecule has 0 saturated carbocycles. The molecular formula is C26H29ClN2O3S. The molecule has 3 aromatic carbocycles. The zero-order valence-electron chi connectivity index (χ0n) is 18.9. The molecule has 0 aliphatic rings. The number of rotatable bonds is 10. The highest BCUT2D eigenvalue weighted by Crippen LogP contribution is 2.22. The summed E-state index contributed by atoms with van der Waals surface area (Å²) in [6.45, 7) is 3.52. The lowest BCUT2D eigenvalue weighted by atomic mass is 10.1. The number of nitrogens with one attached hydrogen (secondary N) is 1. The Labute approximate surface area is 201 Å². The minimum atomic E-state index is -3.91. The fourth-order valence-corrected chi connectivity index (χ4v) is 5.05. The van der Waals surface area contributed by atoms with Gasteiger partial charge in [0.15, 0.2) is 0 Å². The van der Waals surface area contributed by atoms with Crippen LogP contribution in [-0.2, 0) is 27.8 Å². The number of nitrogens with zero attached hydrogens (tertiary/aromatic N) is 1. The lowest BCUT2D eigenvalue weighted by Crippen LogP contribution is -2.43. The maximum Gasteiger partial charge on any atom is 0.243 e. The molecule has 1 atom stereocenters. The summed E-state index contributed by atoms with van der Waals surface area (Å²) in [6.07, 6.45) is 1.58. The van der Waals surface area contributed by atoms with Crippen molar-refractivity contribution in [3.05, 3.63) is 101 Å². The van der Waals surface area contributed by atoms with Gasteiger partial charge in [-0.2, -0.15) is 4.31 Å². The molecule has 0 radical (unpaired) electrons. The van der Waals surface area contributed by atoms with Crippen LogP contribution in [0.2, 0.25) is 5.02 Å². The van der Waals surface area contributed by atoms with Crippen molar-refractivity contribution < 1.29 is 13.2 Å². The van der Waals surface area contributed by atoms with Gasteiger partial charge in [-0.25, -0.2) is 8.42 Å². The quantitative estimate of drug-likeness (QED) is 0.441. The second kappa shape index (κ2) is 11.5. The molecular weight excluding hydrogens is 456 g/mol. The minimum absolute atomic E-state index is 0.00169. The van der Waals surface area contributed by atoms with Gasteiger partial charge < -0.3 is 5.32 Å². The molecule has 3 aromatic rings. The molecule has 5 nitrogen and oxygen atoms in total. The van der Waals surface area contributed by atoms with Gasteiger partial charge in [0.05, 0.1) is 11.4 Å². The van der Waals surface area contributed by atoms with Gasteiger partial charge >= 0.3 is 0 Å². The van der Waals surface area contributed by atoms with Crippen LogP contribution in [0, 0.1) is 6.92 Å². The molecule has 0 saturated heterocycles. The number of carbonyl (C=O) groups is 1. The fourth-order valence-electron chi connectivity index (χ4n) is 3.48. The first-order valence-electron chi connectivity index (χ1n) is 10.9. The predicted molar refractivity (Wildman–Crippen MR) is 133 cm³/mol. The lowest BCUT2D eigenvalue weighted by molar-refractivity contribution is -0.122. The summed E-state index contributed by atoms with van der Waals surface area (Å²) in [7, 11) is -3.91. The number of aryl methyl sites for hydroxylation is 2. The van der Waals surface area contributed by atoms with E-state index < -0.39 is 10.0 Å². The van der Waals surface area contributed by atoms with E-state index in [1.54, 1.807) is 48.5 Å². The average molecular weight is 485 g/mol. The van der Waals surface area contributed by atoms with Crippen molar-refractivity contribution >= 4 is 27.5 Å². The molecule has 174 valence electrons.